The summed E-state index contributed by atoms with van der Waals surface area (Å²) in [6.45, 7) is 25.7. The molecule has 0 aliphatic carbocycles. The molecule has 1 aromatic rings. The van der Waals surface area contributed by atoms with Gasteiger partial charge in [0.25, 0.3) is 0 Å². The first-order chi connectivity index (χ1) is 21.6. The highest BCUT2D eigenvalue weighted by molar-refractivity contribution is 6.76. The quantitative estimate of drug-likeness (QED) is 0.0866. The first kappa shape index (κ1) is 41.0. The summed E-state index contributed by atoms with van der Waals surface area (Å²) >= 11 is 0. The van der Waals surface area contributed by atoms with E-state index in [1.54, 1.807) is 19.2 Å². The third-order valence-electron chi connectivity index (χ3n) is 8.61. The molecule has 1 N–H and O–H groups in total. The highest BCUT2D eigenvalue weighted by atomic mass is 28.4. The van der Waals surface area contributed by atoms with Gasteiger partial charge >= 0.3 is 5.97 Å². The number of aliphatic hydroxyl groups is 1. The van der Waals surface area contributed by atoms with Crippen molar-refractivity contribution in [2.45, 2.75) is 129 Å². The van der Waals surface area contributed by atoms with Gasteiger partial charge in [0.1, 0.15) is 29.3 Å². The molecule has 0 spiro atoms. The molecule has 0 bridgehead atoms. The molecule has 1 aromatic carbocycles. The minimum Gasteiger partial charge on any atom is -0.497 e. The van der Waals surface area contributed by atoms with E-state index in [0.717, 1.165) is 6.04 Å². The van der Waals surface area contributed by atoms with Crippen molar-refractivity contribution in [1.82, 2.24) is 0 Å². The van der Waals surface area contributed by atoms with E-state index in [0.29, 0.717) is 30.1 Å². The number of aliphatic hydroxyl groups excluding tert-OH is 1. The van der Waals surface area contributed by atoms with E-state index >= 15 is 0 Å². The first-order valence-corrected chi connectivity index (χ1v) is 23.1. The second-order valence-electron chi connectivity index (χ2n) is 15.5. The van der Waals surface area contributed by atoms with Crippen molar-refractivity contribution >= 4 is 28.4 Å². The Hall–Kier alpha value is -2.18. The summed E-state index contributed by atoms with van der Waals surface area (Å²) in [7, 11) is -0.308. The summed E-state index contributed by atoms with van der Waals surface area (Å²) < 4.78 is 40.9. The largest absolute Gasteiger partial charge is 0.497 e. The van der Waals surface area contributed by atoms with Crippen LogP contribution in [0.15, 0.2) is 18.2 Å². The number of hydrogen-bond acceptors (Lipinski definition) is 9. The van der Waals surface area contributed by atoms with Gasteiger partial charge in [-0.3, -0.25) is 0 Å². The zero-order chi connectivity index (χ0) is 35.8. The van der Waals surface area contributed by atoms with Crippen LogP contribution in [0.2, 0.25) is 43.8 Å². The second-order valence-corrected chi connectivity index (χ2v) is 25.8. The van der Waals surface area contributed by atoms with Crippen LogP contribution in [0.5, 0.6) is 11.5 Å². The van der Waals surface area contributed by atoms with Gasteiger partial charge < -0.3 is 38.0 Å². The topological polar surface area (TPSA) is 102 Å². The molecular weight excluding hydrogens is 633 g/mol. The number of esters is 1. The maximum absolute atomic E-state index is 13.4. The van der Waals surface area contributed by atoms with Gasteiger partial charge in [0.2, 0.25) is 0 Å². The molecule has 1 heterocycles. The fourth-order valence-electron chi connectivity index (χ4n) is 4.64. The lowest BCUT2D eigenvalue weighted by molar-refractivity contribution is -0.151. The van der Waals surface area contributed by atoms with Gasteiger partial charge in [0.15, 0.2) is 20.9 Å². The molecule has 1 aliphatic rings. The molecule has 1 fully saturated rings. The summed E-state index contributed by atoms with van der Waals surface area (Å²) in [5.74, 6) is 5.55. The Morgan fingerprint density at radius 2 is 1.74 bits per heavy atom. The van der Waals surface area contributed by atoms with Crippen molar-refractivity contribution in [3.05, 3.63) is 29.3 Å². The van der Waals surface area contributed by atoms with Gasteiger partial charge in [-0.05, 0) is 69.9 Å². The Bertz CT molecular complexity index is 1270. The Balaban J connectivity index is 2.29. The third kappa shape index (κ3) is 12.7. The van der Waals surface area contributed by atoms with E-state index in [1.807, 2.05) is 39.8 Å². The molecule has 1 unspecified atom stereocenters. The molecule has 0 saturated carbocycles. The maximum atomic E-state index is 13.4. The summed E-state index contributed by atoms with van der Waals surface area (Å²) in [5, 5.41) is 11.3. The predicted molar refractivity (Wildman–Crippen MR) is 192 cm³/mol. The predicted octanol–water partition coefficient (Wildman–Crippen LogP) is 7.51. The first-order valence-electron chi connectivity index (χ1n) is 16.5. The molecular formula is C36H60O9Si2. The minimum atomic E-state index is -1.96. The van der Waals surface area contributed by atoms with Crippen molar-refractivity contribution in [1.29, 1.82) is 0 Å². The average molecular weight is 693 g/mol. The van der Waals surface area contributed by atoms with Crippen molar-refractivity contribution in [2.24, 2.45) is 5.92 Å². The molecule has 1 aliphatic heterocycles. The second kappa shape index (κ2) is 17.0. The number of benzene rings is 1. The van der Waals surface area contributed by atoms with Gasteiger partial charge in [-0.2, -0.15) is 0 Å². The number of carbonyl (C=O) groups is 1. The van der Waals surface area contributed by atoms with E-state index < -0.39 is 46.5 Å². The van der Waals surface area contributed by atoms with Crippen LogP contribution in [0.3, 0.4) is 0 Å². The maximum Gasteiger partial charge on any atom is 0.342 e. The van der Waals surface area contributed by atoms with Crippen LogP contribution in [-0.4, -0.2) is 85.3 Å². The monoisotopic (exact) mass is 692 g/mol. The minimum absolute atomic E-state index is 0.0474. The van der Waals surface area contributed by atoms with Crippen LogP contribution >= 0.6 is 0 Å². The van der Waals surface area contributed by atoms with Crippen molar-refractivity contribution in [3.63, 3.8) is 0 Å². The van der Waals surface area contributed by atoms with Gasteiger partial charge in [0, 0.05) is 27.2 Å². The Morgan fingerprint density at radius 1 is 1.09 bits per heavy atom. The van der Waals surface area contributed by atoms with E-state index in [9.17, 15) is 9.90 Å². The van der Waals surface area contributed by atoms with Crippen LogP contribution in [-0.2, 0) is 23.4 Å². The Labute approximate surface area is 285 Å². The molecule has 2 rings (SSSR count). The number of hydrogen-bond donors (Lipinski definition) is 1. The van der Waals surface area contributed by atoms with Crippen molar-refractivity contribution in [3.8, 4) is 23.3 Å². The number of ether oxygens (including phenoxy) is 6. The fraction of sp³-hybridized carbons (Fsp3) is 0.694. The van der Waals surface area contributed by atoms with Gasteiger partial charge in [-0.1, -0.05) is 64.4 Å². The molecule has 0 radical (unpaired) electrons. The molecule has 11 heteroatoms. The number of rotatable bonds is 15. The zero-order valence-electron chi connectivity index (χ0n) is 31.2. The lowest BCUT2D eigenvalue weighted by Gasteiger charge is -2.39. The average Bonchev–Trinajstić information content (AvgIpc) is 3.26. The molecule has 0 amide bonds. The molecule has 5 atom stereocenters. The molecule has 1 saturated heterocycles. The summed E-state index contributed by atoms with van der Waals surface area (Å²) in [6.07, 6.45) is 1.77. The van der Waals surface area contributed by atoms with Crippen LogP contribution in [0, 0.1) is 17.8 Å². The van der Waals surface area contributed by atoms with E-state index in [4.69, 9.17) is 32.8 Å². The van der Waals surface area contributed by atoms with Crippen molar-refractivity contribution < 1.29 is 42.7 Å². The van der Waals surface area contributed by atoms with Crippen LogP contribution < -0.4 is 9.47 Å². The van der Waals surface area contributed by atoms with E-state index in [1.165, 1.54) is 7.11 Å². The normalized spacial score (nSPS) is 20.3. The zero-order valence-corrected chi connectivity index (χ0v) is 33.2. The smallest absolute Gasteiger partial charge is 0.342 e. The molecule has 0 aromatic heterocycles. The highest BCUT2D eigenvalue weighted by Crippen LogP contribution is 2.38. The Kier molecular flexibility index (Phi) is 14.8. The summed E-state index contributed by atoms with van der Waals surface area (Å²) in [6, 6.07) is 4.25. The fourth-order valence-corrected chi connectivity index (χ4v) is 6.84. The third-order valence-corrected chi connectivity index (χ3v) is 14.9. The number of carbonyl (C=O) groups excluding carboxylic acids is 1. The molecule has 266 valence electrons. The molecule has 9 nitrogen and oxygen atoms in total. The number of methoxy groups -OCH3 is 2. The molecule has 47 heavy (non-hydrogen) atoms. The Morgan fingerprint density at radius 3 is 2.32 bits per heavy atom. The lowest BCUT2D eigenvalue weighted by Crippen LogP contribution is -2.44. The van der Waals surface area contributed by atoms with E-state index in [2.05, 4.69) is 65.3 Å². The van der Waals surface area contributed by atoms with Crippen LogP contribution in [0.1, 0.15) is 70.8 Å². The van der Waals surface area contributed by atoms with Gasteiger partial charge in [-0.15, -0.1) is 0 Å². The van der Waals surface area contributed by atoms with Crippen LogP contribution in [0.4, 0.5) is 0 Å². The summed E-state index contributed by atoms with van der Waals surface area (Å²) in [4.78, 5) is 13.4. The summed E-state index contributed by atoms with van der Waals surface area (Å²) in [5.41, 5.74) is 0.845. The van der Waals surface area contributed by atoms with Crippen molar-refractivity contribution in [2.75, 3.05) is 27.6 Å². The highest BCUT2D eigenvalue weighted by Gasteiger charge is 2.44. The van der Waals surface area contributed by atoms with Gasteiger partial charge in [-0.25, -0.2) is 4.79 Å². The van der Waals surface area contributed by atoms with Gasteiger partial charge in [0.05, 0.1) is 25.9 Å². The van der Waals surface area contributed by atoms with Crippen LogP contribution in [0.25, 0.3) is 6.08 Å². The lowest BCUT2D eigenvalue weighted by atomic mass is 10.0. The standard InChI is InChI=1S/C36H60O9Si2/c1-25(26(2)45-47(13,14)35(3,4)5)18-19-29(37)33-30(43-36(6,7)44-33)17-15-16-27-22-28(40-9)23-31(42-24-39-8)32(27)34(38)41-20-21-46(10,11)12/h15-16,22-23,25-26,29-30,33,37H,17,20-21,24H2,1-14H3/b16-15+/t25-,26-,29?,30-,33-/m1/s1. The van der Waals surface area contributed by atoms with E-state index in [-0.39, 0.29) is 29.4 Å². The SMILES string of the molecule is COCOc1cc(OC)cc(/C=C/C[C@H]2OC(C)(C)O[C@@H]2C(O)C#C[C@@H](C)[C@@H](C)O[Si](C)(C)C(C)(C)C)c1C(=O)OCC[Si](C)(C)C.